The van der Waals surface area contributed by atoms with E-state index in [1.807, 2.05) is 7.05 Å². The fourth-order valence-electron chi connectivity index (χ4n) is 0.929. The molecule has 1 nitrogen and oxygen atoms in total. The molecule has 1 N–H and O–H groups in total. The highest BCUT2D eigenvalue weighted by Gasteiger charge is 2.01. The van der Waals surface area contributed by atoms with Crippen LogP contribution in [0.1, 0.15) is 11.3 Å². The number of nitrogens with one attached hydrogen (secondary N) is 1. The van der Waals surface area contributed by atoms with E-state index in [4.69, 9.17) is 0 Å². The zero-order valence-corrected chi connectivity index (χ0v) is 7.38. The van der Waals surface area contributed by atoms with Crippen LogP contribution in [0, 0.1) is 5.82 Å². The topological polar surface area (TPSA) is 12.0 Å². The molecule has 1 aromatic rings. The molecule has 0 spiro atoms. The van der Waals surface area contributed by atoms with Crippen LogP contribution in [-0.2, 0) is 6.42 Å². The average Bonchev–Trinajstić information content (AvgIpc) is 2.37. The third kappa shape index (κ3) is 2.60. The molecule has 0 bridgehead atoms. The number of hydrogen-bond donors (Lipinski definition) is 1. The van der Waals surface area contributed by atoms with Crippen molar-refractivity contribution < 1.29 is 4.39 Å². The molecule has 1 aromatic heterocycles. The van der Waals surface area contributed by atoms with Crippen molar-refractivity contribution >= 4 is 11.3 Å². The zero-order chi connectivity index (χ0) is 8.10. The summed E-state index contributed by atoms with van der Waals surface area (Å²) in [4.78, 5) is 0.875. The highest BCUT2D eigenvalue weighted by atomic mass is 32.1. The highest BCUT2D eigenvalue weighted by molar-refractivity contribution is 7.09. The van der Waals surface area contributed by atoms with E-state index in [1.54, 1.807) is 5.38 Å². The minimum atomic E-state index is -0.0499. The van der Waals surface area contributed by atoms with Gasteiger partial charge in [0.05, 0.1) is 0 Å². The summed E-state index contributed by atoms with van der Waals surface area (Å²) in [5, 5.41) is 4.83. The first-order chi connectivity index (χ1) is 5.34. The van der Waals surface area contributed by atoms with Crippen LogP contribution in [0.15, 0.2) is 11.4 Å². The Bertz CT molecular complexity index is 210. The fraction of sp³-hybridized carbons (Fsp3) is 0.500. The molecule has 11 heavy (non-hydrogen) atoms. The molecule has 0 aromatic carbocycles. The molecule has 0 unspecified atom stereocenters. The monoisotopic (exact) mass is 173 g/mol. The van der Waals surface area contributed by atoms with Crippen LogP contribution in [0.25, 0.3) is 0 Å². The maximum absolute atomic E-state index is 12.8. The first kappa shape index (κ1) is 8.68. The summed E-state index contributed by atoms with van der Waals surface area (Å²) >= 11 is 1.50. The highest BCUT2D eigenvalue weighted by Crippen LogP contribution is 2.15. The number of thiophene rings is 1. The summed E-state index contributed by atoms with van der Waals surface area (Å²) in [7, 11) is 1.91. The van der Waals surface area contributed by atoms with E-state index in [1.165, 1.54) is 17.4 Å². The Hall–Kier alpha value is -0.410. The number of halogens is 1. The second kappa shape index (κ2) is 4.46. The van der Waals surface area contributed by atoms with Gasteiger partial charge in [0.15, 0.2) is 0 Å². The lowest BCUT2D eigenvalue weighted by Crippen LogP contribution is -2.08. The molecule has 0 saturated carbocycles. The van der Waals surface area contributed by atoms with Crippen molar-refractivity contribution in [2.45, 2.75) is 12.8 Å². The standard InChI is InChI=1S/C8H12FNS/c1-10-5-2-3-8-7(9)4-6-11-8/h4,6,10H,2-3,5H2,1H3. The molecule has 0 atom stereocenters. The molecule has 3 heteroatoms. The van der Waals surface area contributed by atoms with Crippen LogP contribution in [0.5, 0.6) is 0 Å². The number of aryl methyl sites for hydroxylation is 1. The van der Waals surface area contributed by atoms with E-state index in [0.29, 0.717) is 0 Å². The van der Waals surface area contributed by atoms with Crippen molar-refractivity contribution in [3.05, 3.63) is 22.1 Å². The Morgan fingerprint density at radius 2 is 2.45 bits per heavy atom. The van der Waals surface area contributed by atoms with Gasteiger partial charge in [0.1, 0.15) is 5.82 Å². The van der Waals surface area contributed by atoms with Crippen LogP contribution >= 0.6 is 11.3 Å². The molecule has 0 amide bonds. The van der Waals surface area contributed by atoms with Crippen LogP contribution < -0.4 is 5.32 Å². The van der Waals surface area contributed by atoms with Crippen molar-refractivity contribution in [3.8, 4) is 0 Å². The van der Waals surface area contributed by atoms with Gasteiger partial charge < -0.3 is 5.32 Å². The second-order valence-electron chi connectivity index (χ2n) is 2.40. The molecule has 0 aliphatic rings. The number of rotatable bonds is 4. The van der Waals surface area contributed by atoms with Crippen molar-refractivity contribution in [2.75, 3.05) is 13.6 Å². The summed E-state index contributed by atoms with van der Waals surface area (Å²) in [6, 6.07) is 1.53. The first-order valence-corrected chi connectivity index (χ1v) is 4.59. The van der Waals surface area contributed by atoms with Gasteiger partial charge in [0, 0.05) is 4.88 Å². The average molecular weight is 173 g/mol. The molecule has 0 aliphatic carbocycles. The van der Waals surface area contributed by atoms with Gasteiger partial charge in [0.25, 0.3) is 0 Å². The molecule has 0 radical (unpaired) electrons. The third-order valence-corrected chi connectivity index (χ3v) is 2.48. The summed E-state index contributed by atoms with van der Waals surface area (Å²) in [5.74, 6) is -0.0499. The normalized spacial score (nSPS) is 10.4. The molecular formula is C8H12FNS. The molecular weight excluding hydrogens is 161 g/mol. The van der Waals surface area contributed by atoms with Crippen LogP contribution in [-0.4, -0.2) is 13.6 Å². The molecule has 1 heterocycles. The molecule has 62 valence electrons. The molecule has 1 rings (SSSR count). The SMILES string of the molecule is CNCCCc1sccc1F. The molecule has 0 aliphatic heterocycles. The number of hydrogen-bond acceptors (Lipinski definition) is 2. The smallest absolute Gasteiger partial charge is 0.137 e. The summed E-state index contributed by atoms with van der Waals surface area (Å²) in [6.07, 6.45) is 1.86. The van der Waals surface area contributed by atoms with E-state index >= 15 is 0 Å². The van der Waals surface area contributed by atoms with Crippen LogP contribution in [0.4, 0.5) is 4.39 Å². The summed E-state index contributed by atoms with van der Waals surface area (Å²) in [6.45, 7) is 0.956. The largest absolute Gasteiger partial charge is 0.320 e. The van der Waals surface area contributed by atoms with Crippen LogP contribution in [0.3, 0.4) is 0 Å². The van der Waals surface area contributed by atoms with Gasteiger partial charge in [-0.2, -0.15) is 0 Å². The summed E-state index contributed by atoms with van der Waals surface area (Å²) < 4.78 is 12.8. The fourth-order valence-corrected chi connectivity index (χ4v) is 1.72. The molecule has 0 fully saturated rings. The van der Waals surface area contributed by atoms with Gasteiger partial charge in [-0.3, -0.25) is 0 Å². The lowest BCUT2D eigenvalue weighted by molar-refractivity contribution is 0.610. The Morgan fingerprint density at radius 1 is 1.64 bits per heavy atom. The van der Waals surface area contributed by atoms with E-state index in [2.05, 4.69) is 5.32 Å². The predicted molar refractivity (Wildman–Crippen MR) is 46.5 cm³/mol. The van der Waals surface area contributed by atoms with Gasteiger partial charge in [-0.1, -0.05) is 0 Å². The third-order valence-electron chi connectivity index (χ3n) is 1.52. The minimum absolute atomic E-state index is 0.0499. The maximum Gasteiger partial charge on any atom is 0.137 e. The minimum Gasteiger partial charge on any atom is -0.320 e. The van der Waals surface area contributed by atoms with E-state index in [9.17, 15) is 4.39 Å². The van der Waals surface area contributed by atoms with E-state index < -0.39 is 0 Å². The lowest BCUT2D eigenvalue weighted by atomic mass is 10.2. The predicted octanol–water partition coefficient (Wildman–Crippen LogP) is 2.04. The van der Waals surface area contributed by atoms with Gasteiger partial charge in [-0.05, 0) is 37.9 Å². The Morgan fingerprint density at radius 3 is 3.00 bits per heavy atom. The summed E-state index contributed by atoms with van der Waals surface area (Å²) in [5.41, 5.74) is 0. The van der Waals surface area contributed by atoms with Gasteiger partial charge in [0.2, 0.25) is 0 Å². The molecule has 0 saturated heterocycles. The Labute approximate surface area is 70.2 Å². The zero-order valence-electron chi connectivity index (χ0n) is 6.56. The maximum atomic E-state index is 12.8. The first-order valence-electron chi connectivity index (χ1n) is 3.71. The van der Waals surface area contributed by atoms with Crippen molar-refractivity contribution in [2.24, 2.45) is 0 Å². The quantitative estimate of drug-likeness (QED) is 0.687. The second-order valence-corrected chi connectivity index (χ2v) is 3.40. The van der Waals surface area contributed by atoms with Gasteiger partial charge in [-0.25, -0.2) is 4.39 Å². The lowest BCUT2D eigenvalue weighted by Gasteiger charge is -1.96. The van der Waals surface area contributed by atoms with E-state index in [0.717, 1.165) is 24.3 Å². The van der Waals surface area contributed by atoms with Crippen molar-refractivity contribution in [1.82, 2.24) is 5.32 Å². The van der Waals surface area contributed by atoms with Crippen LogP contribution in [0.2, 0.25) is 0 Å². The van der Waals surface area contributed by atoms with Gasteiger partial charge in [-0.15, -0.1) is 11.3 Å². The Balaban J connectivity index is 2.32. The van der Waals surface area contributed by atoms with Crippen molar-refractivity contribution in [1.29, 1.82) is 0 Å². The van der Waals surface area contributed by atoms with Gasteiger partial charge >= 0.3 is 0 Å². The Kier molecular flexibility index (Phi) is 3.52. The van der Waals surface area contributed by atoms with E-state index in [-0.39, 0.29) is 5.82 Å². The van der Waals surface area contributed by atoms with Crippen molar-refractivity contribution in [3.63, 3.8) is 0 Å².